The van der Waals surface area contributed by atoms with Crippen molar-refractivity contribution in [1.29, 1.82) is 0 Å². The lowest BCUT2D eigenvalue weighted by Crippen LogP contribution is -2.58. The number of ether oxygens (including phenoxy) is 2. The van der Waals surface area contributed by atoms with Gasteiger partial charge in [-0.2, -0.15) is 0 Å². The van der Waals surface area contributed by atoms with Crippen LogP contribution >= 0.6 is 0 Å². The molecule has 1 saturated heterocycles. The highest BCUT2D eigenvalue weighted by molar-refractivity contribution is 5.79. The number of hydrogen-bond donors (Lipinski definition) is 0. The van der Waals surface area contributed by atoms with E-state index in [1.54, 1.807) is 7.11 Å². The first-order valence-corrected chi connectivity index (χ1v) is 8.79. The van der Waals surface area contributed by atoms with Gasteiger partial charge in [0.2, 0.25) is 5.91 Å². The van der Waals surface area contributed by atoms with Crippen LogP contribution in [0.5, 0.6) is 5.75 Å². The van der Waals surface area contributed by atoms with Crippen molar-refractivity contribution < 1.29 is 14.3 Å². The summed E-state index contributed by atoms with van der Waals surface area (Å²) in [4.78, 5) is 17.1. The van der Waals surface area contributed by atoms with Crippen molar-refractivity contribution in [2.75, 3.05) is 40.0 Å². The van der Waals surface area contributed by atoms with Crippen LogP contribution < -0.4 is 4.74 Å². The summed E-state index contributed by atoms with van der Waals surface area (Å²) in [5.74, 6) is 1.05. The van der Waals surface area contributed by atoms with Crippen LogP contribution in [0.1, 0.15) is 26.3 Å². The molecule has 134 valence electrons. The van der Waals surface area contributed by atoms with E-state index in [9.17, 15) is 4.79 Å². The molecule has 0 spiro atoms. The summed E-state index contributed by atoms with van der Waals surface area (Å²) in [5.41, 5.74) is 1.03. The van der Waals surface area contributed by atoms with Crippen LogP contribution in [0.25, 0.3) is 0 Å². The molecule has 5 nitrogen and oxygen atoms in total. The van der Waals surface area contributed by atoms with Crippen LogP contribution in [-0.2, 0) is 16.0 Å². The summed E-state index contributed by atoms with van der Waals surface area (Å²) < 4.78 is 10.6. The van der Waals surface area contributed by atoms with E-state index in [4.69, 9.17) is 9.47 Å². The van der Waals surface area contributed by atoms with Gasteiger partial charge in [0, 0.05) is 38.8 Å². The first-order chi connectivity index (χ1) is 11.5. The van der Waals surface area contributed by atoms with Crippen LogP contribution in [0, 0.1) is 0 Å². The quantitative estimate of drug-likeness (QED) is 0.767. The Hall–Kier alpha value is -1.59. The van der Waals surface area contributed by atoms with Crippen LogP contribution in [0.4, 0.5) is 0 Å². The Balaban J connectivity index is 1.91. The third-order valence-corrected chi connectivity index (χ3v) is 4.60. The topological polar surface area (TPSA) is 42.0 Å². The molecule has 2 rings (SSSR count). The molecule has 2 unspecified atom stereocenters. The Morgan fingerprint density at radius 3 is 2.33 bits per heavy atom. The molecule has 0 saturated carbocycles. The molecule has 1 aliphatic heterocycles. The van der Waals surface area contributed by atoms with Crippen molar-refractivity contribution in [2.24, 2.45) is 0 Å². The number of piperazine rings is 1. The first kappa shape index (κ1) is 18.7. The Labute approximate surface area is 145 Å². The van der Waals surface area contributed by atoms with E-state index in [1.165, 1.54) is 0 Å². The average Bonchev–Trinajstić information content (AvgIpc) is 2.56. The fourth-order valence-corrected chi connectivity index (χ4v) is 3.35. The minimum atomic E-state index is 0.198. The molecule has 24 heavy (non-hydrogen) atoms. The monoisotopic (exact) mass is 334 g/mol. The normalized spacial score (nSPS) is 21.8. The molecule has 0 N–H and O–H groups in total. The van der Waals surface area contributed by atoms with Crippen molar-refractivity contribution in [2.45, 2.75) is 39.3 Å². The largest absolute Gasteiger partial charge is 0.494 e. The van der Waals surface area contributed by atoms with Gasteiger partial charge in [-0.05, 0) is 38.5 Å². The number of carbonyl (C=O) groups excluding carboxylic acids is 1. The molecule has 1 amide bonds. The minimum Gasteiger partial charge on any atom is -0.494 e. The number of rotatable bonds is 7. The molecule has 1 heterocycles. The van der Waals surface area contributed by atoms with E-state index >= 15 is 0 Å². The lowest BCUT2D eigenvalue weighted by Gasteiger charge is -2.44. The zero-order chi connectivity index (χ0) is 17.5. The van der Waals surface area contributed by atoms with E-state index in [0.717, 1.165) is 37.6 Å². The number of methoxy groups -OCH3 is 1. The first-order valence-electron chi connectivity index (χ1n) is 8.79. The number of benzene rings is 1. The van der Waals surface area contributed by atoms with Gasteiger partial charge in [-0.25, -0.2) is 0 Å². The number of nitrogens with zero attached hydrogens (tertiary/aromatic N) is 2. The number of carbonyl (C=O) groups is 1. The molecule has 1 fully saturated rings. The van der Waals surface area contributed by atoms with Gasteiger partial charge in [0.1, 0.15) is 5.75 Å². The Morgan fingerprint density at radius 1 is 1.17 bits per heavy atom. The highest BCUT2D eigenvalue weighted by atomic mass is 16.5. The van der Waals surface area contributed by atoms with Crippen molar-refractivity contribution in [3.05, 3.63) is 29.8 Å². The third kappa shape index (κ3) is 4.95. The maximum Gasteiger partial charge on any atom is 0.227 e. The molecule has 1 aliphatic rings. The zero-order valence-electron chi connectivity index (χ0n) is 15.3. The summed E-state index contributed by atoms with van der Waals surface area (Å²) >= 11 is 0. The van der Waals surface area contributed by atoms with Gasteiger partial charge in [-0.1, -0.05) is 12.1 Å². The summed E-state index contributed by atoms with van der Waals surface area (Å²) in [6.07, 6.45) is 0.448. The van der Waals surface area contributed by atoms with Crippen molar-refractivity contribution in [3.63, 3.8) is 0 Å². The van der Waals surface area contributed by atoms with Crippen molar-refractivity contribution >= 4 is 5.91 Å². The molecule has 2 atom stereocenters. The molecular formula is C19H30N2O3. The maximum absolute atomic E-state index is 12.6. The highest BCUT2D eigenvalue weighted by Gasteiger charge is 2.31. The van der Waals surface area contributed by atoms with Crippen LogP contribution in [0.15, 0.2) is 24.3 Å². The Bertz CT molecular complexity index is 506. The van der Waals surface area contributed by atoms with Gasteiger partial charge in [-0.3, -0.25) is 9.69 Å². The third-order valence-electron chi connectivity index (χ3n) is 4.60. The molecule has 5 heteroatoms. The Kier molecular flexibility index (Phi) is 7.06. The standard InChI is InChI=1S/C19H30N2O3/c1-5-24-18-8-6-17(7-9-18)12-19(22)20-13-15(2)21(10-11-23-4)16(3)14-20/h6-9,15-16H,5,10-14H2,1-4H3. The fourth-order valence-electron chi connectivity index (χ4n) is 3.35. The number of amides is 1. The van der Waals surface area contributed by atoms with E-state index < -0.39 is 0 Å². The average molecular weight is 334 g/mol. The van der Waals surface area contributed by atoms with Gasteiger partial charge < -0.3 is 14.4 Å². The van der Waals surface area contributed by atoms with E-state index in [2.05, 4.69) is 18.7 Å². The summed E-state index contributed by atoms with van der Waals surface area (Å²) in [6.45, 7) is 10.2. The molecular weight excluding hydrogens is 304 g/mol. The van der Waals surface area contributed by atoms with Gasteiger partial charge in [0.15, 0.2) is 0 Å². The lowest BCUT2D eigenvalue weighted by molar-refractivity contribution is -0.135. The second-order valence-electron chi connectivity index (χ2n) is 6.48. The second kappa shape index (κ2) is 9.04. The van der Waals surface area contributed by atoms with Crippen LogP contribution in [0.2, 0.25) is 0 Å². The maximum atomic E-state index is 12.6. The lowest BCUT2D eigenvalue weighted by atomic mass is 10.1. The van der Waals surface area contributed by atoms with Gasteiger partial charge in [0.25, 0.3) is 0 Å². The SMILES string of the molecule is CCOc1ccc(CC(=O)N2CC(C)N(CCOC)C(C)C2)cc1. The van der Waals surface area contributed by atoms with Gasteiger partial charge in [-0.15, -0.1) is 0 Å². The number of hydrogen-bond acceptors (Lipinski definition) is 4. The van der Waals surface area contributed by atoms with Gasteiger partial charge in [0.05, 0.1) is 19.6 Å². The molecule has 0 radical (unpaired) electrons. The van der Waals surface area contributed by atoms with Crippen molar-refractivity contribution in [3.8, 4) is 5.75 Å². The predicted octanol–water partition coefficient (Wildman–Crippen LogP) is 2.20. The van der Waals surface area contributed by atoms with E-state index in [1.807, 2.05) is 36.1 Å². The minimum absolute atomic E-state index is 0.198. The van der Waals surface area contributed by atoms with Gasteiger partial charge >= 0.3 is 0 Å². The molecule has 0 bridgehead atoms. The summed E-state index contributed by atoms with van der Waals surface area (Å²) in [5, 5.41) is 0. The molecule has 0 aromatic heterocycles. The van der Waals surface area contributed by atoms with E-state index in [-0.39, 0.29) is 5.91 Å². The summed E-state index contributed by atoms with van der Waals surface area (Å²) in [6, 6.07) is 8.52. The van der Waals surface area contributed by atoms with Crippen LogP contribution in [-0.4, -0.2) is 67.7 Å². The summed E-state index contributed by atoms with van der Waals surface area (Å²) in [7, 11) is 1.73. The smallest absolute Gasteiger partial charge is 0.227 e. The van der Waals surface area contributed by atoms with Crippen LogP contribution in [0.3, 0.4) is 0 Å². The highest BCUT2D eigenvalue weighted by Crippen LogP contribution is 2.18. The molecule has 1 aromatic carbocycles. The second-order valence-corrected chi connectivity index (χ2v) is 6.48. The van der Waals surface area contributed by atoms with E-state index in [0.29, 0.717) is 25.1 Å². The predicted molar refractivity (Wildman–Crippen MR) is 95.4 cm³/mol. The fraction of sp³-hybridized carbons (Fsp3) is 0.632. The molecule has 1 aromatic rings. The molecule has 0 aliphatic carbocycles. The van der Waals surface area contributed by atoms with Crippen molar-refractivity contribution in [1.82, 2.24) is 9.80 Å². The zero-order valence-corrected chi connectivity index (χ0v) is 15.3. The Morgan fingerprint density at radius 2 is 1.79 bits per heavy atom.